The van der Waals surface area contributed by atoms with Crippen molar-refractivity contribution in [2.75, 3.05) is 11.4 Å². The van der Waals surface area contributed by atoms with E-state index in [1.165, 1.54) is 55.8 Å². The summed E-state index contributed by atoms with van der Waals surface area (Å²) >= 11 is 0. The summed E-state index contributed by atoms with van der Waals surface area (Å²) in [6.07, 6.45) is 2.11. The second-order valence-electron chi connectivity index (χ2n) is 11.1. The van der Waals surface area contributed by atoms with Crippen molar-refractivity contribution in [3.63, 3.8) is 0 Å². The van der Waals surface area contributed by atoms with Gasteiger partial charge in [-0.15, -0.1) is 0 Å². The molecule has 1 atom stereocenters. The first kappa shape index (κ1) is 27.5. The van der Waals surface area contributed by atoms with E-state index in [2.05, 4.69) is 154 Å². The number of hydrogen-bond acceptors (Lipinski definition) is 1. The molecule has 0 fully saturated rings. The number of rotatable bonds is 10. The summed E-state index contributed by atoms with van der Waals surface area (Å²) in [7, 11) is 0. The van der Waals surface area contributed by atoms with E-state index in [1.54, 1.807) is 0 Å². The number of hydrogen-bond donors (Lipinski definition) is 0. The van der Waals surface area contributed by atoms with Crippen LogP contribution in [0.2, 0.25) is 0 Å². The highest BCUT2D eigenvalue weighted by molar-refractivity contribution is 5.64. The van der Waals surface area contributed by atoms with E-state index < -0.39 is 0 Å². The number of benzene rings is 5. The molecule has 0 spiro atoms. The third-order valence-electron chi connectivity index (χ3n) is 8.15. The fourth-order valence-corrected chi connectivity index (χ4v) is 5.34. The van der Waals surface area contributed by atoms with Crippen LogP contribution in [0.25, 0.3) is 11.1 Å². The van der Waals surface area contributed by atoms with Gasteiger partial charge in [-0.05, 0) is 84.7 Å². The van der Waals surface area contributed by atoms with Gasteiger partial charge in [-0.1, -0.05) is 127 Å². The molecule has 1 heteroatoms. The molecule has 0 saturated heterocycles. The third-order valence-corrected chi connectivity index (χ3v) is 8.15. The Hall–Kier alpha value is -4.10. The van der Waals surface area contributed by atoms with Gasteiger partial charge in [0, 0.05) is 24.7 Å². The predicted octanol–water partition coefficient (Wildman–Crippen LogP) is 9.93. The summed E-state index contributed by atoms with van der Waals surface area (Å²) in [6.45, 7) is 10.7. The Morgan fingerprint density at radius 1 is 0.500 bits per heavy atom. The lowest BCUT2D eigenvalue weighted by Crippen LogP contribution is -2.21. The van der Waals surface area contributed by atoms with E-state index in [1.807, 2.05) is 0 Å². The van der Waals surface area contributed by atoms with E-state index in [-0.39, 0.29) is 0 Å². The lowest BCUT2D eigenvalue weighted by atomic mass is 9.91. The highest BCUT2D eigenvalue weighted by Gasteiger charge is 2.09. The first-order valence-electron chi connectivity index (χ1n) is 14.6. The molecule has 0 saturated carbocycles. The SMILES string of the molecule is CCN(Cc1ccc(-c2ccc(C)cc2)cc1)c1ccc(CCc2ccc(C(C)c3ccc(C)cc3)cc2)cc1. The standard InChI is InChI=1S/C39H41N/c1-5-40(28-34-14-24-38(25-15-34)37-20-8-30(3)9-21-37)39-26-16-33(17-27-39)11-10-32-12-22-36(23-13-32)31(4)35-18-6-29(2)7-19-35/h6-9,12-27,31H,5,10-11,28H2,1-4H3. The molecule has 0 N–H and O–H groups in total. The van der Waals surface area contributed by atoms with Crippen molar-refractivity contribution < 1.29 is 0 Å². The monoisotopic (exact) mass is 523 g/mol. The zero-order valence-electron chi connectivity index (χ0n) is 24.4. The second-order valence-corrected chi connectivity index (χ2v) is 11.1. The van der Waals surface area contributed by atoms with Crippen molar-refractivity contribution in [2.45, 2.75) is 53.0 Å². The quantitative estimate of drug-likeness (QED) is 0.176. The lowest BCUT2D eigenvalue weighted by Gasteiger charge is -2.23. The Morgan fingerprint density at radius 2 is 0.900 bits per heavy atom. The average molecular weight is 524 g/mol. The van der Waals surface area contributed by atoms with E-state index in [9.17, 15) is 0 Å². The molecule has 40 heavy (non-hydrogen) atoms. The van der Waals surface area contributed by atoms with Crippen LogP contribution in [0, 0.1) is 13.8 Å². The molecule has 0 amide bonds. The van der Waals surface area contributed by atoms with E-state index in [4.69, 9.17) is 0 Å². The second kappa shape index (κ2) is 12.8. The largest absolute Gasteiger partial charge is 0.367 e. The molecule has 0 aliphatic heterocycles. The molecule has 1 nitrogen and oxygen atoms in total. The van der Waals surface area contributed by atoms with Crippen LogP contribution in [0.1, 0.15) is 58.7 Å². The van der Waals surface area contributed by atoms with Crippen LogP contribution in [-0.2, 0) is 19.4 Å². The van der Waals surface area contributed by atoms with Crippen LogP contribution >= 0.6 is 0 Å². The summed E-state index contributed by atoms with van der Waals surface area (Å²) in [5.41, 5.74) is 13.3. The fraction of sp³-hybridized carbons (Fsp3) is 0.231. The molecular formula is C39H41N. The summed E-state index contributed by atoms with van der Waals surface area (Å²) in [4.78, 5) is 2.44. The number of nitrogens with zero attached hydrogens (tertiary/aromatic N) is 1. The maximum Gasteiger partial charge on any atom is 0.0429 e. The highest BCUT2D eigenvalue weighted by atomic mass is 15.1. The third kappa shape index (κ3) is 6.90. The topological polar surface area (TPSA) is 3.24 Å². The Labute approximate surface area is 241 Å². The van der Waals surface area contributed by atoms with Gasteiger partial charge in [0.15, 0.2) is 0 Å². The molecule has 1 unspecified atom stereocenters. The van der Waals surface area contributed by atoms with Gasteiger partial charge in [0.1, 0.15) is 0 Å². The minimum atomic E-state index is 0.412. The van der Waals surface area contributed by atoms with Crippen LogP contribution in [0.4, 0.5) is 5.69 Å². The molecule has 0 aliphatic rings. The minimum Gasteiger partial charge on any atom is -0.367 e. The molecule has 202 valence electrons. The first-order chi connectivity index (χ1) is 19.5. The smallest absolute Gasteiger partial charge is 0.0429 e. The molecular weight excluding hydrogens is 482 g/mol. The summed E-state index contributed by atoms with van der Waals surface area (Å²) < 4.78 is 0. The predicted molar refractivity (Wildman–Crippen MR) is 172 cm³/mol. The Morgan fingerprint density at radius 3 is 1.40 bits per heavy atom. The van der Waals surface area contributed by atoms with Gasteiger partial charge >= 0.3 is 0 Å². The zero-order chi connectivity index (χ0) is 27.9. The molecule has 0 radical (unpaired) electrons. The van der Waals surface area contributed by atoms with Crippen molar-refractivity contribution in [3.8, 4) is 11.1 Å². The summed E-state index contributed by atoms with van der Waals surface area (Å²) in [6, 6.07) is 45.0. The normalized spacial score (nSPS) is 11.8. The maximum absolute atomic E-state index is 2.44. The van der Waals surface area contributed by atoms with Crippen LogP contribution in [0.15, 0.2) is 121 Å². The number of aryl methyl sites for hydroxylation is 4. The van der Waals surface area contributed by atoms with E-state index >= 15 is 0 Å². The van der Waals surface area contributed by atoms with Gasteiger partial charge in [0.2, 0.25) is 0 Å². The summed E-state index contributed by atoms with van der Waals surface area (Å²) in [5.74, 6) is 0.412. The van der Waals surface area contributed by atoms with E-state index in [0.29, 0.717) is 5.92 Å². The Kier molecular flexibility index (Phi) is 8.81. The van der Waals surface area contributed by atoms with Crippen molar-refractivity contribution in [1.29, 1.82) is 0 Å². The Balaban J connectivity index is 1.16. The van der Waals surface area contributed by atoms with Gasteiger partial charge in [-0.3, -0.25) is 0 Å². The van der Waals surface area contributed by atoms with Gasteiger partial charge in [-0.25, -0.2) is 0 Å². The maximum atomic E-state index is 2.44. The highest BCUT2D eigenvalue weighted by Crippen LogP contribution is 2.26. The van der Waals surface area contributed by atoms with Crippen molar-refractivity contribution in [3.05, 3.63) is 160 Å². The van der Waals surface area contributed by atoms with Gasteiger partial charge in [0.05, 0.1) is 0 Å². The average Bonchev–Trinajstić information content (AvgIpc) is 3.00. The fourth-order valence-electron chi connectivity index (χ4n) is 5.34. The van der Waals surface area contributed by atoms with Crippen molar-refractivity contribution >= 4 is 5.69 Å². The number of anilines is 1. The van der Waals surface area contributed by atoms with Gasteiger partial charge in [0.25, 0.3) is 0 Å². The van der Waals surface area contributed by atoms with Crippen LogP contribution in [0.5, 0.6) is 0 Å². The molecule has 0 aromatic heterocycles. The summed E-state index contributed by atoms with van der Waals surface area (Å²) in [5, 5.41) is 0. The van der Waals surface area contributed by atoms with Crippen LogP contribution in [0.3, 0.4) is 0 Å². The van der Waals surface area contributed by atoms with Crippen LogP contribution in [-0.4, -0.2) is 6.54 Å². The molecule has 5 rings (SSSR count). The van der Waals surface area contributed by atoms with E-state index in [0.717, 1.165) is 25.9 Å². The lowest BCUT2D eigenvalue weighted by molar-refractivity contribution is 0.831. The molecule has 0 bridgehead atoms. The van der Waals surface area contributed by atoms with Gasteiger partial charge < -0.3 is 4.90 Å². The van der Waals surface area contributed by atoms with Crippen molar-refractivity contribution in [1.82, 2.24) is 0 Å². The molecule has 5 aromatic carbocycles. The Bertz CT molecular complexity index is 1480. The molecule has 0 aliphatic carbocycles. The first-order valence-corrected chi connectivity index (χ1v) is 14.6. The van der Waals surface area contributed by atoms with Crippen molar-refractivity contribution in [2.24, 2.45) is 0 Å². The van der Waals surface area contributed by atoms with Gasteiger partial charge in [-0.2, -0.15) is 0 Å². The zero-order valence-corrected chi connectivity index (χ0v) is 24.4. The minimum absolute atomic E-state index is 0.412. The van der Waals surface area contributed by atoms with Crippen LogP contribution < -0.4 is 4.90 Å². The molecule has 0 heterocycles. The molecule has 5 aromatic rings.